The minimum absolute atomic E-state index is 0.137. The SMILES string of the molecule is CC(=O)Nc1c(-c2ccn[nH]2)oc2ccccc12. The van der Waals surface area contributed by atoms with Crippen LogP contribution in [0.3, 0.4) is 0 Å². The number of aromatic amines is 1. The van der Waals surface area contributed by atoms with E-state index in [9.17, 15) is 4.79 Å². The molecule has 90 valence electrons. The van der Waals surface area contributed by atoms with Gasteiger partial charge in [0.1, 0.15) is 11.3 Å². The van der Waals surface area contributed by atoms with Gasteiger partial charge in [-0.1, -0.05) is 12.1 Å². The van der Waals surface area contributed by atoms with Gasteiger partial charge in [0.05, 0.1) is 5.69 Å². The number of hydrogen-bond acceptors (Lipinski definition) is 3. The zero-order valence-corrected chi connectivity index (χ0v) is 9.73. The highest BCUT2D eigenvalue weighted by atomic mass is 16.3. The van der Waals surface area contributed by atoms with Crippen LogP contribution < -0.4 is 5.32 Å². The molecule has 0 bridgehead atoms. The average Bonchev–Trinajstić information content (AvgIpc) is 2.96. The lowest BCUT2D eigenvalue weighted by Crippen LogP contribution is -2.06. The summed E-state index contributed by atoms with van der Waals surface area (Å²) in [6, 6.07) is 9.35. The highest BCUT2D eigenvalue weighted by Crippen LogP contribution is 2.36. The predicted molar refractivity (Wildman–Crippen MR) is 68.1 cm³/mol. The molecule has 3 aromatic rings. The Balaban J connectivity index is 2.26. The minimum Gasteiger partial charge on any atom is -0.452 e. The van der Waals surface area contributed by atoms with Crippen LogP contribution in [-0.2, 0) is 4.79 Å². The molecule has 0 saturated heterocycles. The van der Waals surface area contributed by atoms with Gasteiger partial charge in [-0.25, -0.2) is 0 Å². The molecule has 0 spiro atoms. The minimum atomic E-state index is -0.137. The lowest BCUT2D eigenvalue weighted by molar-refractivity contribution is -0.114. The largest absolute Gasteiger partial charge is 0.452 e. The van der Waals surface area contributed by atoms with E-state index in [1.165, 1.54) is 6.92 Å². The molecule has 2 heterocycles. The molecule has 0 aliphatic carbocycles. The van der Waals surface area contributed by atoms with E-state index in [1.807, 2.05) is 24.3 Å². The number of furan rings is 1. The quantitative estimate of drug-likeness (QED) is 0.724. The molecular weight excluding hydrogens is 230 g/mol. The molecule has 5 nitrogen and oxygen atoms in total. The molecule has 2 aromatic heterocycles. The van der Waals surface area contributed by atoms with Gasteiger partial charge in [-0.3, -0.25) is 9.89 Å². The number of carbonyl (C=O) groups excluding carboxylic acids is 1. The molecule has 18 heavy (non-hydrogen) atoms. The lowest BCUT2D eigenvalue weighted by atomic mass is 10.2. The number of amides is 1. The maximum Gasteiger partial charge on any atom is 0.221 e. The number of para-hydroxylation sites is 1. The van der Waals surface area contributed by atoms with Crippen LogP contribution in [0.5, 0.6) is 0 Å². The summed E-state index contributed by atoms with van der Waals surface area (Å²) in [6.45, 7) is 1.47. The summed E-state index contributed by atoms with van der Waals surface area (Å²) >= 11 is 0. The number of nitrogens with one attached hydrogen (secondary N) is 2. The number of fused-ring (bicyclic) bond motifs is 1. The molecular formula is C13H11N3O2. The first-order valence-electron chi connectivity index (χ1n) is 5.54. The molecule has 2 N–H and O–H groups in total. The molecule has 0 aliphatic rings. The zero-order valence-electron chi connectivity index (χ0n) is 9.73. The van der Waals surface area contributed by atoms with Gasteiger partial charge < -0.3 is 9.73 Å². The standard InChI is InChI=1S/C13H11N3O2/c1-8(17)15-12-9-4-2-3-5-11(9)18-13(12)10-6-7-14-16-10/h2-7H,1H3,(H,14,16)(H,15,17). The van der Waals surface area contributed by atoms with E-state index in [4.69, 9.17) is 4.42 Å². The number of H-pyrrole nitrogens is 1. The maximum absolute atomic E-state index is 11.3. The van der Waals surface area contributed by atoms with E-state index < -0.39 is 0 Å². The lowest BCUT2D eigenvalue weighted by Gasteiger charge is -2.01. The Labute approximate surface area is 103 Å². The van der Waals surface area contributed by atoms with E-state index in [2.05, 4.69) is 15.5 Å². The van der Waals surface area contributed by atoms with Crippen LogP contribution >= 0.6 is 0 Å². The summed E-state index contributed by atoms with van der Waals surface area (Å²) in [5.74, 6) is 0.450. The zero-order chi connectivity index (χ0) is 12.5. The molecule has 1 aromatic carbocycles. The fourth-order valence-corrected chi connectivity index (χ4v) is 1.92. The molecule has 1 amide bonds. The third kappa shape index (κ3) is 1.66. The van der Waals surface area contributed by atoms with Crippen molar-refractivity contribution in [3.63, 3.8) is 0 Å². The average molecular weight is 241 g/mol. The van der Waals surface area contributed by atoms with Crippen molar-refractivity contribution in [2.24, 2.45) is 0 Å². The number of nitrogens with zero attached hydrogens (tertiary/aromatic N) is 1. The molecule has 0 radical (unpaired) electrons. The van der Waals surface area contributed by atoms with Crippen LogP contribution in [0.25, 0.3) is 22.4 Å². The smallest absolute Gasteiger partial charge is 0.221 e. The second kappa shape index (κ2) is 4.03. The number of carbonyl (C=O) groups is 1. The van der Waals surface area contributed by atoms with Crippen LogP contribution in [0.1, 0.15) is 6.92 Å². The number of rotatable bonds is 2. The predicted octanol–water partition coefficient (Wildman–Crippen LogP) is 2.78. The van der Waals surface area contributed by atoms with E-state index in [0.29, 0.717) is 11.4 Å². The van der Waals surface area contributed by atoms with Gasteiger partial charge in [0.25, 0.3) is 0 Å². The van der Waals surface area contributed by atoms with Gasteiger partial charge in [-0.2, -0.15) is 5.10 Å². The highest BCUT2D eigenvalue weighted by Gasteiger charge is 2.17. The summed E-state index contributed by atoms with van der Waals surface area (Å²) in [7, 11) is 0. The van der Waals surface area contributed by atoms with Gasteiger partial charge in [0.15, 0.2) is 5.76 Å². The number of aromatic nitrogens is 2. The van der Waals surface area contributed by atoms with Crippen molar-refractivity contribution in [1.29, 1.82) is 0 Å². The summed E-state index contributed by atoms with van der Waals surface area (Å²) < 4.78 is 5.76. The Morgan fingerprint density at radius 1 is 1.33 bits per heavy atom. The monoisotopic (exact) mass is 241 g/mol. The molecule has 0 saturated carbocycles. The third-order valence-corrected chi connectivity index (χ3v) is 2.64. The first kappa shape index (κ1) is 10.6. The van der Waals surface area contributed by atoms with E-state index in [1.54, 1.807) is 12.3 Å². The third-order valence-electron chi connectivity index (χ3n) is 2.64. The van der Waals surface area contributed by atoms with Gasteiger partial charge in [0, 0.05) is 18.5 Å². The summed E-state index contributed by atoms with van der Waals surface area (Å²) in [6.07, 6.45) is 1.64. The maximum atomic E-state index is 11.3. The van der Waals surface area contributed by atoms with Gasteiger partial charge >= 0.3 is 0 Å². The van der Waals surface area contributed by atoms with Crippen molar-refractivity contribution < 1.29 is 9.21 Å². The molecule has 5 heteroatoms. The first-order valence-corrected chi connectivity index (χ1v) is 5.54. The van der Waals surface area contributed by atoms with Crippen molar-refractivity contribution in [2.45, 2.75) is 6.92 Å². The first-order chi connectivity index (χ1) is 8.75. The summed E-state index contributed by atoms with van der Waals surface area (Å²) in [5.41, 5.74) is 2.13. The number of hydrogen-bond donors (Lipinski definition) is 2. The van der Waals surface area contributed by atoms with Gasteiger partial charge in [-0.05, 0) is 18.2 Å². The molecule has 3 rings (SSSR count). The fourth-order valence-electron chi connectivity index (χ4n) is 1.92. The van der Waals surface area contributed by atoms with Crippen molar-refractivity contribution in [2.75, 3.05) is 5.32 Å². The Hall–Kier alpha value is -2.56. The van der Waals surface area contributed by atoms with Crippen LogP contribution in [0, 0.1) is 0 Å². The second-order valence-corrected chi connectivity index (χ2v) is 3.95. The van der Waals surface area contributed by atoms with Crippen molar-refractivity contribution in [3.05, 3.63) is 36.5 Å². The van der Waals surface area contributed by atoms with Crippen LogP contribution in [0.15, 0.2) is 40.9 Å². The number of benzene rings is 1. The second-order valence-electron chi connectivity index (χ2n) is 3.95. The normalized spacial score (nSPS) is 10.7. The van der Waals surface area contributed by atoms with Crippen molar-refractivity contribution in [1.82, 2.24) is 10.2 Å². The van der Waals surface area contributed by atoms with Crippen molar-refractivity contribution >= 4 is 22.6 Å². The summed E-state index contributed by atoms with van der Waals surface area (Å²) in [4.78, 5) is 11.3. The number of anilines is 1. The van der Waals surface area contributed by atoms with Gasteiger partial charge in [-0.15, -0.1) is 0 Å². The molecule has 0 fully saturated rings. The van der Waals surface area contributed by atoms with Crippen molar-refractivity contribution in [3.8, 4) is 11.5 Å². The Morgan fingerprint density at radius 2 is 2.17 bits per heavy atom. The Bertz CT molecular complexity index is 698. The van der Waals surface area contributed by atoms with E-state index >= 15 is 0 Å². The topological polar surface area (TPSA) is 70.9 Å². The highest BCUT2D eigenvalue weighted by molar-refractivity contribution is 6.05. The van der Waals surface area contributed by atoms with Gasteiger partial charge in [0.2, 0.25) is 5.91 Å². The van der Waals surface area contributed by atoms with Crippen LogP contribution in [0.4, 0.5) is 5.69 Å². The fraction of sp³-hybridized carbons (Fsp3) is 0.0769. The van der Waals surface area contributed by atoms with E-state index in [0.717, 1.165) is 16.7 Å². The Kier molecular flexibility index (Phi) is 2.37. The van der Waals surface area contributed by atoms with Crippen LogP contribution in [-0.4, -0.2) is 16.1 Å². The summed E-state index contributed by atoms with van der Waals surface area (Å²) in [5, 5.41) is 10.4. The molecule has 0 atom stereocenters. The Morgan fingerprint density at radius 3 is 2.89 bits per heavy atom. The van der Waals surface area contributed by atoms with Crippen LogP contribution in [0.2, 0.25) is 0 Å². The molecule has 0 unspecified atom stereocenters. The molecule has 0 aliphatic heterocycles. The van der Waals surface area contributed by atoms with E-state index in [-0.39, 0.29) is 5.91 Å².